The molecule has 0 saturated heterocycles. The van der Waals surface area contributed by atoms with Gasteiger partial charge in [0.1, 0.15) is 0 Å². The zero-order chi connectivity index (χ0) is 45.9. The van der Waals surface area contributed by atoms with Crippen molar-refractivity contribution in [3.63, 3.8) is 0 Å². The number of fused-ring (bicyclic) bond motifs is 6. The highest BCUT2D eigenvalue weighted by atomic mass is 15.1. The van der Waals surface area contributed by atoms with Crippen LogP contribution in [0.1, 0.15) is 22.3 Å². The summed E-state index contributed by atoms with van der Waals surface area (Å²) < 4.78 is 4.84. The van der Waals surface area contributed by atoms with Crippen LogP contribution in [-0.4, -0.2) is 9.13 Å². The normalized spacial score (nSPS) is 11.5. The summed E-state index contributed by atoms with van der Waals surface area (Å²) >= 11 is 0. The van der Waals surface area contributed by atoms with Crippen LogP contribution in [0.15, 0.2) is 231 Å². The predicted molar refractivity (Wildman–Crippen MR) is 289 cm³/mol. The molecule has 12 aromatic rings. The topological polar surface area (TPSA) is 16.3 Å². The van der Waals surface area contributed by atoms with E-state index in [1.54, 1.807) is 0 Å². The van der Waals surface area contributed by atoms with Gasteiger partial charge in [-0.05, 0) is 166 Å². The molecule has 0 fully saturated rings. The zero-order valence-electron chi connectivity index (χ0n) is 38.7. The number of rotatable bonds is 9. The first-order valence-corrected chi connectivity index (χ1v) is 23.5. The molecule has 0 aliphatic rings. The maximum Gasteiger partial charge on any atom is 0.0547 e. The van der Waals surface area contributed by atoms with Crippen molar-refractivity contribution in [3.05, 3.63) is 253 Å². The minimum Gasteiger partial charge on any atom is -0.311 e. The lowest BCUT2D eigenvalue weighted by atomic mass is 9.98. The van der Waals surface area contributed by atoms with Crippen molar-refractivity contribution in [1.82, 2.24) is 9.13 Å². The smallest absolute Gasteiger partial charge is 0.0547 e. The van der Waals surface area contributed by atoms with Crippen LogP contribution in [0.3, 0.4) is 0 Å². The lowest BCUT2D eigenvalue weighted by Crippen LogP contribution is -2.10. The highest BCUT2D eigenvalue weighted by Crippen LogP contribution is 2.43. The second kappa shape index (κ2) is 16.7. The van der Waals surface area contributed by atoms with Crippen molar-refractivity contribution in [2.75, 3.05) is 9.80 Å². The van der Waals surface area contributed by atoms with Crippen molar-refractivity contribution >= 4 is 77.7 Å². The van der Waals surface area contributed by atoms with Gasteiger partial charge in [0.05, 0.1) is 22.1 Å². The number of para-hydroxylation sites is 2. The van der Waals surface area contributed by atoms with Crippen LogP contribution in [0.4, 0.5) is 34.1 Å². The molecule has 0 unspecified atom stereocenters. The summed E-state index contributed by atoms with van der Waals surface area (Å²) in [5.41, 5.74) is 21.1. The van der Waals surface area contributed by atoms with Gasteiger partial charge in [-0.2, -0.15) is 0 Å². The van der Waals surface area contributed by atoms with Gasteiger partial charge in [0.2, 0.25) is 0 Å². The fraction of sp³-hybridized carbons (Fsp3) is 0.0625. The van der Waals surface area contributed by atoms with E-state index in [2.05, 4.69) is 277 Å². The Labute approximate surface area is 397 Å². The summed E-state index contributed by atoms with van der Waals surface area (Å²) in [6.45, 7) is 8.54. The van der Waals surface area contributed by atoms with Gasteiger partial charge >= 0.3 is 0 Å². The van der Waals surface area contributed by atoms with E-state index < -0.39 is 0 Å². The summed E-state index contributed by atoms with van der Waals surface area (Å²) in [6, 6.07) is 84.6. The number of benzene rings is 10. The second-order valence-electron chi connectivity index (χ2n) is 18.2. The third-order valence-electron chi connectivity index (χ3n) is 13.6. The SMILES string of the molecule is Cc1ccc(N(c2ccc(C)cc2)c2ccc(-n3c4ccccc4c4cc(-c5cccc6c5c5ccccc5n6-c5ccc(N(c6ccc(C)cc6)c6ccc(C)cc6)cc5)ccc43)cc2)cc1. The highest BCUT2D eigenvalue weighted by Gasteiger charge is 2.20. The molecule has 2 aromatic heterocycles. The largest absolute Gasteiger partial charge is 0.311 e. The van der Waals surface area contributed by atoms with Crippen molar-refractivity contribution in [1.29, 1.82) is 0 Å². The van der Waals surface area contributed by atoms with Gasteiger partial charge < -0.3 is 18.9 Å². The Morgan fingerprint density at radius 2 is 0.632 bits per heavy atom. The average Bonchev–Trinajstić information content (AvgIpc) is 3.90. The summed E-state index contributed by atoms with van der Waals surface area (Å²) in [5.74, 6) is 0. The molecule has 0 spiro atoms. The lowest BCUT2D eigenvalue weighted by Gasteiger charge is -2.26. The predicted octanol–water partition coefficient (Wildman–Crippen LogP) is 17.7. The van der Waals surface area contributed by atoms with Gasteiger partial charge in [0.15, 0.2) is 0 Å². The minimum absolute atomic E-state index is 1.11. The average molecular weight is 875 g/mol. The summed E-state index contributed by atoms with van der Waals surface area (Å²) in [4.78, 5) is 4.67. The van der Waals surface area contributed by atoms with Crippen LogP contribution in [0.2, 0.25) is 0 Å². The van der Waals surface area contributed by atoms with Crippen LogP contribution < -0.4 is 9.80 Å². The van der Waals surface area contributed by atoms with E-state index in [4.69, 9.17) is 0 Å². The molecule has 4 heteroatoms. The van der Waals surface area contributed by atoms with Crippen molar-refractivity contribution in [2.24, 2.45) is 0 Å². The van der Waals surface area contributed by atoms with E-state index in [1.165, 1.54) is 77.0 Å². The monoisotopic (exact) mass is 874 g/mol. The molecule has 12 rings (SSSR count). The van der Waals surface area contributed by atoms with Gasteiger partial charge in [-0.15, -0.1) is 0 Å². The molecule has 0 radical (unpaired) electrons. The van der Waals surface area contributed by atoms with Crippen LogP contribution in [-0.2, 0) is 0 Å². The number of hydrogen-bond donors (Lipinski definition) is 0. The Bertz CT molecular complexity index is 3690. The number of aryl methyl sites for hydroxylation is 4. The molecule has 326 valence electrons. The number of aromatic nitrogens is 2. The number of nitrogens with zero attached hydrogens (tertiary/aromatic N) is 4. The first kappa shape index (κ1) is 40.9. The van der Waals surface area contributed by atoms with Crippen LogP contribution >= 0.6 is 0 Å². The van der Waals surface area contributed by atoms with E-state index in [0.717, 1.165) is 45.5 Å². The Balaban J connectivity index is 0.946. The molecule has 2 heterocycles. The molecule has 68 heavy (non-hydrogen) atoms. The van der Waals surface area contributed by atoms with Gasteiger partial charge in [0, 0.05) is 67.0 Å². The first-order chi connectivity index (χ1) is 33.4. The zero-order valence-corrected chi connectivity index (χ0v) is 38.7. The molecule has 4 nitrogen and oxygen atoms in total. The van der Waals surface area contributed by atoms with Crippen LogP contribution in [0, 0.1) is 27.7 Å². The van der Waals surface area contributed by atoms with E-state index >= 15 is 0 Å². The molecular formula is C64H50N4. The maximum absolute atomic E-state index is 2.42. The molecule has 0 aliphatic heterocycles. The third kappa shape index (κ3) is 7.10. The molecule has 10 aromatic carbocycles. The van der Waals surface area contributed by atoms with Crippen molar-refractivity contribution in [2.45, 2.75) is 27.7 Å². The quantitative estimate of drug-likeness (QED) is 0.144. The van der Waals surface area contributed by atoms with E-state index in [9.17, 15) is 0 Å². The molecule has 0 atom stereocenters. The van der Waals surface area contributed by atoms with Gasteiger partial charge in [-0.3, -0.25) is 0 Å². The van der Waals surface area contributed by atoms with Crippen molar-refractivity contribution in [3.8, 4) is 22.5 Å². The van der Waals surface area contributed by atoms with E-state index in [0.29, 0.717) is 0 Å². The molecule has 0 saturated carbocycles. The fourth-order valence-corrected chi connectivity index (χ4v) is 10.1. The lowest BCUT2D eigenvalue weighted by molar-refractivity contribution is 1.17. The molecule has 0 bridgehead atoms. The summed E-state index contributed by atoms with van der Waals surface area (Å²) in [7, 11) is 0. The minimum atomic E-state index is 1.11. The van der Waals surface area contributed by atoms with E-state index in [1.807, 2.05) is 0 Å². The summed E-state index contributed by atoms with van der Waals surface area (Å²) in [6.07, 6.45) is 0. The van der Waals surface area contributed by atoms with Gasteiger partial charge in [-0.25, -0.2) is 0 Å². The first-order valence-electron chi connectivity index (χ1n) is 23.5. The third-order valence-corrected chi connectivity index (χ3v) is 13.6. The standard InChI is InChI=1S/C64H50N4/c1-43-16-25-48(26-17-43)65(49-27-18-44(2)19-28-49)52-33-37-54(38-34-52)67-60-13-7-5-10-57(60)59-42-47(24-41-62(59)67)56-12-9-15-63-64(56)58-11-6-8-14-61(58)68(63)55-39-35-53(36-40-55)66(50-29-20-45(3)21-30-50)51-31-22-46(4)23-32-51/h5-42H,1-4H3. The summed E-state index contributed by atoms with van der Waals surface area (Å²) in [5, 5.41) is 4.94. The van der Waals surface area contributed by atoms with Crippen molar-refractivity contribution < 1.29 is 0 Å². The highest BCUT2D eigenvalue weighted by molar-refractivity contribution is 6.17. The Morgan fingerprint density at radius 3 is 1.09 bits per heavy atom. The number of hydrogen-bond acceptors (Lipinski definition) is 2. The van der Waals surface area contributed by atoms with E-state index in [-0.39, 0.29) is 0 Å². The fourth-order valence-electron chi connectivity index (χ4n) is 10.1. The van der Waals surface area contributed by atoms with Crippen LogP contribution in [0.25, 0.3) is 66.1 Å². The second-order valence-corrected chi connectivity index (χ2v) is 18.2. The Morgan fingerprint density at radius 1 is 0.279 bits per heavy atom. The molecule has 0 aliphatic carbocycles. The molecular weight excluding hydrogens is 825 g/mol. The molecule has 0 N–H and O–H groups in total. The maximum atomic E-state index is 2.42. The number of anilines is 6. The molecule has 0 amide bonds. The van der Waals surface area contributed by atoms with Gasteiger partial charge in [-0.1, -0.05) is 125 Å². The van der Waals surface area contributed by atoms with Crippen LogP contribution in [0.5, 0.6) is 0 Å². The van der Waals surface area contributed by atoms with Gasteiger partial charge in [0.25, 0.3) is 0 Å². The Hall–Kier alpha value is -8.60. The Kier molecular flexibility index (Phi) is 10.0.